The summed E-state index contributed by atoms with van der Waals surface area (Å²) in [5, 5.41) is 10.3. The Hall–Kier alpha value is -2.14. The lowest BCUT2D eigenvalue weighted by molar-refractivity contribution is 0.549. The highest BCUT2D eigenvalue weighted by atomic mass is 15.1. The van der Waals surface area contributed by atoms with Gasteiger partial charge in [-0.05, 0) is 25.1 Å². The molecule has 0 saturated heterocycles. The van der Waals surface area contributed by atoms with Crippen molar-refractivity contribution < 1.29 is 0 Å². The number of H-pyrrole nitrogens is 2. The van der Waals surface area contributed by atoms with Crippen molar-refractivity contribution in [2.75, 3.05) is 0 Å². The summed E-state index contributed by atoms with van der Waals surface area (Å²) in [6.07, 6.45) is 1.76. The van der Waals surface area contributed by atoms with Gasteiger partial charge in [-0.1, -0.05) is 12.1 Å². The summed E-state index contributed by atoms with van der Waals surface area (Å²) in [5.74, 6) is 0.947. The Kier molecular flexibility index (Phi) is 2.82. The highest BCUT2D eigenvalue weighted by Gasteiger charge is 2.07. The number of aromatic amines is 2. The van der Waals surface area contributed by atoms with Gasteiger partial charge in [0, 0.05) is 12.2 Å². The lowest BCUT2D eigenvalue weighted by Crippen LogP contribution is -2.19. The van der Waals surface area contributed by atoms with Crippen molar-refractivity contribution in [3.05, 3.63) is 48.0 Å². The van der Waals surface area contributed by atoms with Gasteiger partial charge in [-0.3, -0.25) is 5.10 Å². The zero-order valence-electron chi connectivity index (χ0n) is 10.1. The molecule has 3 aromatic rings. The highest BCUT2D eigenvalue weighted by molar-refractivity contribution is 5.74. The van der Waals surface area contributed by atoms with Gasteiger partial charge < -0.3 is 10.3 Å². The van der Waals surface area contributed by atoms with Gasteiger partial charge in [-0.2, -0.15) is 5.10 Å². The number of nitrogens with one attached hydrogen (secondary N) is 3. The summed E-state index contributed by atoms with van der Waals surface area (Å²) in [5.41, 5.74) is 3.15. The van der Waals surface area contributed by atoms with Gasteiger partial charge in [0.2, 0.25) is 0 Å². The summed E-state index contributed by atoms with van der Waals surface area (Å²) in [4.78, 5) is 7.82. The predicted octanol–water partition coefficient (Wildman–Crippen LogP) is 2.14. The van der Waals surface area contributed by atoms with Crippen LogP contribution in [0.1, 0.15) is 24.5 Å². The first-order valence-electron chi connectivity index (χ1n) is 5.99. The first-order valence-corrected chi connectivity index (χ1v) is 5.99. The maximum absolute atomic E-state index is 4.52. The van der Waals surface area contributed by atoms with Crippen molar-refractivity contribution in [2.45, 2.75) is 19.5 Å². The SMILES string of the molecule is CC(NCc1nc2ccccc2[nH]1)c1ccn[nH]1. The Morgan fingerprint density at radius 1 is 1.28 bits per heavy atom. The van der Waals surface area contributed by atoms with Crippen LogP contribution in [0.2, 0.25) is 0 Å². The van der Waals surface area contributed by atoms with E-state index in [2.05, 4.69) is 32.4 Å². The van der Waals surface area contributed by atoms with Crippen molar-refractivity contribution >= 4 is 11.0 Å². The molecule has 3 N–H and O–H groups in total. The number of aromatic nitrogens is 4. The van der Waals surface area contributed by atoms with Crippen LogP contribution in [-0.2, 0) is 6.54 Å². The Morgan fingerprint density at radius 2 is 2.17 bits per heavy atom. The van der Waals surface area contributed by atoms with Gasteiger partial charge >= 0.3 is 0 Å². The molecule has 0 spiro atoms. The Labute approximate surface area is 105 Å². The largest absolute Gasteiger partial charge is 0.341 e. The van der Waals surface area contributed by atoms with Crippen LogP contribution < -0.4 is 5.32 Å². The molecule has 1 unspecified atom stereocenters. The summed E-state index contributed by atoms with van der Waals surface area (Å²) >= 11 is 0. The van der Waals surface area contributed by atoms with Gasteiger partial charge in [0.25, 0.3) is 0 Å². The zero-order chi connectivity index (χ0) is 12.4. The molecule has 1 aromatic carbocycles. The molecule has 0 bridgehead atoms. The molecule has 2 heterocycles. The molecule has 18 heavy (non-hydrogen) atoms. The van der Waals surface area contributed by atoms with Gasteiger partial charge in [-0.25, -0.2) is 4.98 Å². The number of nitrogens with zero attached hydrogens (tertiary/aromatic N) is 2. The van der Waals surface area contributed by atoms with Crippen LogP contribution >= 0.6 is 0 Å². The molecule has 0 aliphatic rings. The molecule has 0 radical (unpaired) electrons. The second-order valence-corrected chi connectivity index (χ2v) is 4.32. The minimum Gasteiger partial charge on any atom is -0.341 e. The van der Waals surface area contributed by atoms with E-state index in [4.69, 9.17) is 0 Å². The fraction of sp³-hybridized carbons (Fsp3) is 0.231. The molecule has 0 saturated carbocycles. The summed E-state index contributed by atoms with van der Waals surface area (Å²) < 4.78 is 0. The van der Waals surface area contributed by atoms with Gasteiger partial charge in [0.05, 0.1) is 23.3 Å². The summed E-state index contributed by atoms with van der Waals surface area (Å²) in [6.45, 7) is 2.80. The molecular weight excluding hydrogens is 226 g/mol. The third-order valence-corrected chi connectivity index (χ3v) is 3.00. The van der Waals surface area contributed by atoms with Crippen LogP contribution in [0.5, 0.6) is 0 Å². The molecule has 92 valence electrons. The summed E-state index contributed by atoms with van der Waals surface area (Å²) in [6, 6.07) is 10.2. The summed E-state index contributed by atoms with van der Waals surface area (Å²) in [7, 11) is 0. The molecule has 0 aliphatic heterocycles. The average Bonchev–Trinajstić information content (AvgIpc) is 3.04. The average molecular weight is 241 g/mol. The molecule has 0 aliphatic carbocycles. The zero-order valence-corrected chi connectivity index (χ0v) is 10.1. The van der Waals surface area contributed by atoms with Gasteiger partial charge in [0.15, 0.2) is 0 Å². The third kappa shape index (κ3) is 2.12. The van der Waals surface area contributed by atoms with E-state index in [-0.39, 0.29) is 6.04 Å². The minimum atomic E-state index is 0.223. The molecule has 0 fully saturated rings. The number of imidazole rings is 1. The monoisotopic (exact) mass is 241 g/mol. The Balaban J connectivity index is 1.69. The maximum atomic E-state index is 4.52. The fourth-order valence-corrected chi connectivity index (χ4v) is 1.96. The Bertz CT molecular complexity index is 593. The number of para-hydroxylation sites is 2. The standard InChI is InChI=1S/C13H15N5/c1-9(10-6-7-15-18-10)14-8-13-16-11-4-2-3-5-12(11)17-13/h2-7,9,14H,8H2,1H3,(H,15,18)(H,16,17). The lowest BCUT2D eigenvalue weighted by Gasteiger charge is -2.09. The number of hydrogen-bond acceptors (Lipinski definition) is 3. The molecule has 3 rings (SSSR count). The lowest BCUT2D eigenvalue weighted by atomic mass is 10.2. The normalized spacial score (nSPS) is 12.9. The van der Waals surface area contributed by atoms with Crippen LogP contribution in [0.25, 0.3) is 11.0 Å². The van der Waals surface area contributed by atoms with Crippen molar-refractivity contribution in [2.24, 2.45) is 0 Å². The first-order chi connectivity index (χ1) is 8.83. The minimum absolute atomic E-state index is 0.223. The van der Waals surface area contributed by atoms with Crippen LogP contribution in [-0.4, -0.2) is 20.2 Å². The van der Waals surface area contributed by atoms with Crippen molar-refractivity contribution in [3.63, 3.8) is 0 Å². The van der Waals surface area contributed by atoms with Crippen LogP contribution in [0, 0.1) is 0 Å². The van der Waals surface area contributed by atoms with E-state index < -0.39 is 0 Å². The van der Waals surface area contributed by atoms with E-state index in [9.17, 15) is 0 Å². The second-order valence-electron chi connectivity index (χ2n) is 4.32. The van der Waals surface area contributed by atoms with E-state index in [1.165, 1.54) is 0 Å². The topological polar surface area (TPSA) is 69.4 Å². The van der Waals surface area contributed by atoms with Crippen LogP contribution in [0.15, 0.2) is 36.5 Å². The van der Waals surface area contributed by atoms with Crippen molar-refractivity contribution in [1.29, 1.82) is 0 Å². The smallest absolute Gasteiger partial charge is 0.121 e. The van der Waals surface area contributed by atoms with E-state index in [1.54, 1.807) is 6.20 Å². The molecular formula is C13H15N5. The quantitative estimate of drug-likeness (QED) is 0.655. The highest BCUT2D eigenvalue weighted by Crippen LogP contribution is 2.12. The maximum Gasteiger partial charge on any atom is 0.121 e. The molecule has 0 amide bonds. The molecule has 2 aromatic heterocycles. The number of fused-ring (bicyclic) bond motifs is 1. The molecule has 1 atom stereocenters. The van der Waals surface area contributed by atoms with E-state index in [1.807, 2.05) is 30.3 Å². The second kappa shape index (κ2) is 4.62. The van der Waals surface area contributed by atoms with Gasteiger partial charge in [0.1, 0.15) is 5.82 Å². The molecule has 5 heteroatoms. The van der Waals surface area contributed by atoms with Crippen LogP contribution in [0.3, 0.4) is 0 Å². The third-order valence-electron chi connectivity index (χ3n) is 3.00. The molecule has 5 nitrogen and oxygen atoms in total. The number of hydrogen-bond donors (Lipinski definition) is 3. The van der Waals surface area contributed by atoms with Crippen LogP contribution in [0.4, 0.5) is 0 Å². The predicted molar refractivity (Wildman–Crippen MR) is 69.9 cm³/mol. The van der Waals surface area contributed by atoms with E-state index in [0.717, 1.165) is 22.6 Å². The fourth-order valence-electron chi connectivity index (χ4n) is 1.96. The first kappa shape index (κ1) is 11.0. The number of benzene rings is 1. The van der Waals surface area contributed by atoms with E-state index in [0.29, 0.717) is 6.54 Å². The number of rotatable bonds is 4. The Morgan fingerprint density at radius 3 is 2.94 bits per heavy atom. The van der Waals surface area contributed by atoms with Crippen molar-refractivity contribution in [3.8, 4) is 0 Å². The van der Waals surface area contributed by atoms with Crippen molar-refractivity contribution in [1.82, 2.24) is 25.5 Å². The van der Waals surface area contributed by atoms with Gasteiger partial charge in [-0.15, -0.1) is 0 Å². The van der Waals surface area contributed by atoms with E-state index >= 15 is 0 Å².